The highest BCUT2D eigenvalue weighted by Gasteiger charge is 1.99. The van der Waals surface area contributed by atoms with Crippen LogP contribution in [0.2, 0.25) is 1.41 Å². The Morgan fingerprint density at radius 2 is 2.33 bits per heavy atom. The Kier molecular flexibility index (Phi) is 1.56. The number of nitrogens with one attached hydrogen (secondary N) is 1. The summed E-state index contributed by atoms with van der Waals surface area (Å²) in [5.41, 5.74) is 4.85. The van der Waals surface area contributed by atoms with Gasteiger partial charge in [0.1, 0.15) is 1.41 Å². The molecule has 0 spiro atoms. The zero-order valence-electron chi connectivity index (χ0n) is 7.80. The molecule has 0 bridgehead atoms. The van der Waals surface area contributed by atoms with Gasteiger partial charge in [0, 0.05) is 17.1 Å². The molecule has 62 valence electrons. The fraction of sp³-hybridized carbons (Fsp3) is 0.200. The minimum Gasteiger partial charge on any atom is -0.361 e. The van der Waals surface area contributed by atoms with E-state index in [0.717, 1.165) is 6.42 Å². The number of H-pyrrole nitrogens is 1. The van der Waals surface area contributed by atoms with Crippen molar-refractivity contribution in [2.24, 2.45) is 5.73 Å². The second-order valence-corrected chi connectivity index (χ2v) is 2.86. The van der Waals surface area contributed by atoms with E-state index in [4.69, 9.17) is 1.41 Å². The number of benzene rings is 1. The van der Waals surface area contributed by atoms with Crippen LogP contribution in [0.3, 0.4) is 0 Å². The van der Waals surface area contributed by atoms with Gasteiger partial charge in [-0.1, -0.05) is 18.2 Å². The third-order valence-corrected chi connectivity index (χ3v) is 2.07. The molecule has 2 nitrogen and oxygen atoms in total. The second-order valence-electron chi connectivity index (χ2n) is 2.86. The molecule has 0 fully saturated rings. The highest BCUT2D eigenvalue weighted by Crippen LogP contribution is 2.17. The molecule has 0 saturated heterocycles. The first kappa shape index (κ1) is 6.26. The maximum absolute atomic E-state index is 6.85. The molecule has 3 N–H and O–H groups in total. The van der Waals surface area contributed by atoms with Crippen LogP contribution in [0, 0.1) is 0 Å². The van der Waals surface area contributed by atoms with Gasteiger partial charge in [0.15, 0.2) is 0 Å². The SMILES string of the molecule is [2H]NCCc1c[nH]c2ccccc12. The van der Waals surface area contributed by atoms with Gasteiger partial charge in [-0.3, -0.25) is 0 Å². The Morgan fingerprint density at radius 3 is 3.25 bits per heavy atom. The Morgan fingerprint density at radius 1 is 1.42 bits per heavy atom. The number of hydrogen-bond acceptors (Lipinski definition) is 1. The van der Waals surface area contributed by atoms with Crippen molar-refractivity contribution in [3.8, 4) is 0 Å². The van der Waals surface area contributed by atoms with Crippen molar-refractivity contribution in [2.75, 3.05) is 6.54 Å². The maximum atomic E-state index is 6.85. The average molecular weight is 161 g/mol. The fourth-order valence-electron chi connectivity index (χ4n) is 1.47. The largest absolute Gasteiger partial charge is 0.361 e. The fourth-order valence-corrected chi connectivity index (χ4v) is 1.47. The van der Waals surface area contributed by atoms with E-state index in [1.165, 1.54) is 16.5 Å². The number of hydrogen-bond donors (Lipinski definition) is 2. The van der Waals surface area contributed by atoms with Gasteiger partial charge in [0.25, 0.3) is 0 Å². The van der Waals surface area contributed by atoms with Gasteiger partial charge in [-0.25, -0.2) is 0 Å². The summed E-state index contributed by atoms with van der Waals surface area (Å²) >= 11 is 0. The molecule has 0 atom stereocenters. The highest BCUT2D eigenvalue weighted by atomic mass is 14.7. The number of nitrogens with two attached hydrogens (primary N) is 1. The molecular formula is C10H12N2. The highest BCUT2D eigenvalue weighted by molar-refractivity contribution is 5.82. The van der Waals surface area contributed by atoms with Crippen LogP contribution >= 0.6 is 0 Å². The van der Waals surface area contributed by atoms with E-state index in [1.807, 2.05) is 18.3 Å². The van der Waals surface area contributed by atoms with Crippen molar-refractivity contribution in [2.45, 2.75) is 6.42 Å². The Balaban J connectivity index is 2.35. The van der Waals surface area contributed by atoms with Crippen molar-refractivity contribution < 1.29 is 1.41 Å². The molecule has 2 heteroatoms. The van der Waals surface area contributed by atoms with E-state index >= 15 is 0 Å². The van der Waals surface area contributed by atoms with E-state index in [1.54, 1.807) is 0 Å². The van der Waals surface area contributed by atoms with Gasteiger partial charge in [-0.05, 0) is 24.6 Å². The Hall–Kier alpha value is -1.28. The predicted molar refractivity (Wildman–Crippen MR) is 51.1 cm³/mol. The normalized spacial score (nSPS) is 11.8. The number of aromatic amines is 1. The average Bonchev–Trinajstić information content (AvgIpc) is 2.58. The van der Waals surface area contributed by atoms with Crippen LogP contribution in [0.5, 0.6) is 0 Å². The van der Waals surface area contributed by atoms with Gasteiger partial charge in [0.2, 0.25) is 0 Å². The van der Waals surface area contributed by atoms with Gasteiger partial charge in [0.05, 0.1) is 0 Å². The van der Waals surface area contributed by atoms with Crippen molar-refractivity contribution in [3.63, 3.8) is 0 Å². The van der Waals surface area contributed by atoms with Crippen LogP contribution in [0.1, 0.15) is 5.56 Å². The van der Waals surface area contributed by atoms with E-state index in [9.17, 15) is 0 Å². The van der Waals surface area contributed by atoms with Crippen LogP contribution in [0.15, 0.2) is 30.5 Å². The first-order valence-electron chi connectivity index (χ1n) is 4.61. The number of rotatable bonds is 3. The zero-order valence-corrected chi connectivity index (χ0v) is 6.80. The van der Waals surface area contributed by atoms with Crippen LogP contribution in [0.4, 0.5) is 0 Å². The summed E-state index contributed by atoms with van der Waals surface area (Å²) in [5, 5.41) is 1.26. The minimum atomic E-state index is 0.696. The van der Waals surface area contributed by atoms with Crippen molar-refractivity contribution in [1.29, 1.82) is 0 Å². The molecule has 0 saturated carbocycles. The first-order valence-corrected chi connectivity index (χ1v) is 4.11. The third-order valence-electron chi connectivity index (χ3n) is 2.07. The van der Waals surface area contributed by atoms with E-state index in [0.29, 0.717) is 6.54 Å². The molecule has 0 aliphatic carbocycles. The summed E-state index contributed by atoms with van der Waals surface area (Å²) in [5.74, 6) is 0. The predicted octanol–water partition coefficient (Wildman–Crippen LogP) is 1.67. The van der Waals surface area contributed by atoms with Crippen LogP contribution in [-0.4, -0.2) is 11.5 Å². The molecule has 1 aromatic carbocycles. The third kappa shape index (κ3) is 1.10. The molecule has 2 aromatic rings. The Labute approximate surface area is 72.9 Å². The molecule has 1 aromatic heterocycles. The molecule has 0 aliphatic rings. The van der Waals surface area contributed by atoms with E-state index < -0.39 is 0 Å². The lowest BCUT2D eigenvalue weighted by Gasteiger charge is -1.93. The van der Waals surface area contributed by atoms with Crippen molar-refractivity contribution in [3.05, 3.63) is 36.0 Å². The van der Waals surface area contributed by atoms with Gasteiger partial charge >= 0.3 is 0 Å². The van der Waals surface area contributed by atoms with Crippen LogP contribution in [0.25, 0.3) is 10.9 Å². The van der Waals surface area contributed by atoms with Crippen molar-refractivity contribution >= 4 is 10.9 Å². The summed E-state index contributed by atoms with van der Waals surface area (Å²) in [7, 11) is 0. The molecule has 0 amide bonds. The van der Waals surface area contributed by atoms with Crippen LogP contribution in [-0.2, 0) is 6.42 Å². The van der Waals surface area contributed by atoms with Gasteiger partial charge in [-0.2, -0.15) is 0 Å². The molecular weight excluding hydrogens is 148 g/mol. The summed E-state index contributed by atoms with van der Waals surface area (Å²) in [4.78, 5) is 3.21. The van der Waals surface area contributed by atoms with Crippen molar-refractivity contribution in [1.82, 2.24) is 4.98 Å². The standard InChI is InChI=1S/C10H12N2/c11-6-5-8-7-12-10-4-2-1-3-9(8)10/h1-4,7,12H,5-6,11H2/i/hD. The maximum Gasteiger partial charge on any atom is 0.118 e. The monoisotopic (exact) mass is 161 g/mol. The summed E-state index contributed by atoms with van der Waals surface area (Å²) in [6.07, 6.45) is 2.91. The number of fused-ring (bicyclic) bond motifs is 1. The summed E-state index contributed by atoms with van der Waals surface area (Å²) < 4.78 is 6.85. The molecule has 12 heavy (non-hydrogen) atoms. The molecule has 2 rings (SSSR count). The molecule has 1 heterocycles. The van der Waals surface area contributed by atoms with Crippen LogP contribution < -0.4 is 5.73 Å². The minimum absolute atomic E-state index is 0.696. The molecule has 0 unspecified atom stereocenters. The second kappa shape index (κ2) is 2.99. The lowest BCUT2D eigenvalue weighted by Crippen LogP contribution is -2.01. The molecule has 0 aliphatic heterocycles. The van der Waals surface area contributed by atoms with Gasteiger partial charge in [-0.15, -0.1) is 0 Å². The van der Waals surface area contributed by atoms with E-state index in [2.05, 4.69) is 22.8 Å². The topological polar surface area (TPSA) is 41.8 Å². The summed E-state index contributed by atoms with van der Waals surface area (Å²) in [6, 6.07) is 8.22. The van der Waals surface area contributed by atoms with E-state index in [-0.39, 0.29) is 0 Å². The number of para-hydroxylation sites is 1. The van der Waals surface area contributed by atoms with Gasteiger partial charge < -0.3 is 10.7 Å². The molecule has 0 radical (unpaired) electrons. The lowest BCUT2D eigenvalue weighted by atomic mass is 10.1. The zero-order chi connectivity index (χ0) is 9.10. The Bertz CT molecular complexity index is 394. The first-order chi connectivity index (χ1) is 6.42. The smallest absolute Gasteiger partial charge is 0.118 e. The number of aromatic nitrogens is 1. The summed E-state index contributed by atoms with van der Waals surface area (Å²) in [6.45, 7) is 0.696. The lowest BCUT2D eigenvalue weighted by molar-refractivity contribution is 0.976. The quantitative estimate of drug-likeness (QED) is 0.706.